The molecule has 19 heavy (non-hydrogen) atoms. The van der Waals surface area contributed by atoms with E-state index in [1.54, 1.807) is 0 Å². The molecule has 1 aromatic carbocycles. The molecule has 4 atom stereocenters. The van der Waals surface area contributed by atoms with Crippen molar-refractivity contribution < 1.29 is 5.11 Å². The number of aromatic hydroxyl groups is 1. The van der Waals surface area contributed by atoms with Gasteiger partial charge in [0.2, 0.25) is 0 Å². The van der Waals surface area contributed by atoms with E-state index in [9.17, 15) is 5.11 Å². The average molecular weight is 254 g/mol. The summed E-state index contributed by atoms with van der Waals surface area (Å²) in [7, 11) is 0. The highest BCUT2D eigenvalue weighted by atomic mass is 16.3. The zero-order valence-corrected chi connectivity index (χ0v) is 11.6. The van der Waals surface area contributed by atoms with Crippen LogP contribution in [-0.4, -0.2) is 5.11 Å². The number of phenols is 1. The lowest BCUT2D eigenvalue weighted by atomic mass is 9.57. The fraction of sp³-hybridized carbons (Fsp3) is 0.556. The van der Waals surface area contributed by atoms with Crippen molar-refractivity contribution in [2.45, 2.75) is 44.9 Å². The Labute approximate surface area is 115 Å². The van der Waals surface area contributed by atoms with E-state index in [1.807, 2.05) is 12.1 Å². The van der Waals surface area contributed by atoms with Crippen LogP contribution in [0.15, 0.2) is 24.3 Å². The second-order valence-electron chi connectivity index (χ2n) is 7.05. The number of benzene rings is 1. The zero-order valence-electron chi connectivity index (χ0n) is 11.6. The highest BCUT2D eigenvalue weighted by Crippen LogP contribution is 2.60. The smallest absolute Gasteiger partial charge is 0.116 e. The van der Waals surface area contributed by atoms with Crippen LogP contribution in [0.5, 0.6) is 5.75 Å². The van der Waals surface area contributed by atoms with Gasteiger partial charge in [0.05, 0.1) is 0 Å². The lowest BCUT2D eigenvalue weighted by Gasteiger charge is -2.47. The molecule has 1 nitrogen and oxygen atoms in total. The zero-order chi connectivity index (χ0) is 13.0. The predicted octanol–water partition coefficient (Wildman–Crippen LogP) is 4.72. The van der Waals surface area contributed by atoms with E-state index in [4.69, 9.17) is 0 Å². The summed E-state index contributed by atoms with van der Waals surface area (Å²) in [4.78, 5) is 0. The molecule has 0 heterocycles. The SMILES string of the molecule is CC12CCCC1C1C=Cc3cc(O)ccc3C1CC2. The molecule has 1 aromatic rings. The van der Waals surface area contributed by atoms with Crippen molar-refractivity contribution in [2.75, 3.05) is 0 Å². The van der Waals surface area contributed by atoms with Crippen molar-refractivity contribution in [2.24, 2.45) is 17.3 Å². The van der Waals surface area contributed by atoms with Gasteiger partial charge in [0.25, 0.3) is 0 Å². The Balaban J connectivity index is 1.76. The average Bonchev–Trinajstić information content (AvgIpc) is 2.79. The Bertz CT molecular complexity index is 545. The van der Waals surface area contributed by atoms with E-state index in [1.165, 1.54) is 43.2 Å². The van der Waals surface area contributed by atoms with Crippen LogP contribution >= 0.6 is 0 Å². The highest BCUT2D eigenvalue weighted by Gasteiger charge is 2.49. The number of hydrogen-bond acceptors (Lipinski definition) is 1. The quantitative estimate of drug-likeness (QED) is 0.710. The summed E-state index contributed by atoms with van der Waals surface area (Å²) in [6.45, 7) is 2.51. The van der Waals surface area contributed by atoms with Crippen LogP contribution in [0.2, 0.25) is 0 Å². The van der Waals surface area contributed by atoms with Gasteiger partial charge >= 0.3 is 0 Å². The van der Waals surface area contributed by atoms with Crippen LogP contribution in [0.1, 0.15) is 56.1 Å². The molecule has 100 valence electrons. The first-order chi connectivity index (χ1) is 9.17. The molecule has 2 fully saturated rings. The van der Waals surface area contributed by atoms with Gasteiger partial charge in [0, 0.05) is 0 Å². The molecule has 4 unspecified atom stereocenters. The summed E-state index contributed by atoms with van der Waals surface area (Å²) in [6.07, 6.45) is 11.7. The van der Waals surface area contributed by atoms with E-state index in [0.29, 0.717) is 17.1 Å². The number of allylic oxidation sites excluding steroid dienone is 1. The van der Waals surface area contributed by atoms with Crippen molar-refractivity contribution in [3.8, 4) is 5.75 Å². The van der Waals surface area contributed by atoms with Crippen molar-refractivity contribution in [3.63, 3.8) is 0 Å². The van der Waals surface area contributed by atoms with Gasteiger partial charge in [0.15, 0.2) is 0 Å². The Morgan fingerprint density at radius 3 is 3.00 bits per heavy atom. The minimum atomic E-state index is 0.392. The number of fused-ring (bicyclic) bond motifs is 5. The van der Waals surface area contributed by atoms with E-state index >= 15 is 0 Å². The largest absolute Gasteiger partial charge is 0.508 e. The van der Waals surface area contributed by atoms with Crippen LogP contribution < -0.4 is 0 Å². The molecule has 2 saturated carbocycles. The molecule has 0 radical (unpaired) electrons. The number of hydrogen-bond donors (Lipinski definition) is 1. The number of rotatable bonds is 0. The summed E-state index contributed by atoms with van der Waals surface area (Å²) in [5.74, 6) is 2.70. The van der Waals surface area contributed by atoms with Gasteiger partial charge in [0.1, 0.15) is 5.75 Å². The third kappa shape index (κ3) is 1.60. The minimum absolute atomic E-state index is 0.392. The Morgan fingerprint density at radius 2 is 2.11 bits per heavy atom. The predicted molar refractivity (Wildman–Crippen MR) is 78.1 cm³/mol. The van der Waals surface area contributed by atoms with E-state index in [2.05, 4.69) is 25.1 Å². The van der Waals surface area contributed by atoms with Crippen molar-refractivity contribution in [1.29, 1.82) is 0 Å². The number of phenolic OH excluding ortho intramolecular Hbond substituents is 1. The van der Waals surface area contributed by atoms with Gasteiger partial charge in [-0.3, -0.25) is 0 Å². The lowest BCUT2D eigenvalue weighted by molar-refractivity contribution is 0.0946. The van der Waals surface area contributed by atoms with Gasteiger partial charge in [-0.25, -0.2) is 0 Å². The summed E-state index contributed by atoms with van der Waals surface area (Å²) < 4.78 is 0. The van der Waals surface area contributed by atoms with Crippen LogP contribution in [0.4, 0.5) is 0 Å². The van der Waals surface area contributed by atoms with E-state index < -0.39 is 0 Å². The maximum absolute atomic E-state index is 9.64. The molecule has 3 aliphatic rings. The van der Waals surface area contributed by atoms with Crippen LogP contribution in [0, 0.1) is 17.3 Å². The third-order valence-corrected chi connectivity index (χ3v) is 6.08. The molecule has 1 heteroatoms. The molecule has 4 rings (SSSR count). The second-order valence-corrected chi connectivity index (χ2v) is 7.05. The van der Waals surface area contributed by atoms with E-state index in [0.717, 1.165) is 11.8 Å². The molecular weight excluding hydrogens is 232 g/mol. The molecule has 0 spiro atoms. The first-order valence-corrected chi connectivity index (χ1v) is 7.68. The van der Waals surface area contributed by atoms with Crippen LogP contribution in [-0.2, 0) is 0 Å². The first-order valence-electron chi connectivity index (χ1n) is 7.68. The topological polar surface area (TPSA) is 20.2 Å². The first kappa shape index (κ1) is 11.6. The summed E-state index contributed by atoms with van der Waals surface area (Å²) in [5, 5.41) is 9.64. The van der Waals surface area contributed by atoms with Gasteiger partial charge in [-0.15, -0.1) is 0 Å². The summed E-state index contributed by atoms with van der Waals surface area (Å²) in [6, 6.07) is 5.94. The fourth-order valence-electron chi connectivity index (χ4n) is 5.08. The normalized spacial score (nSPS) is 39.5. The molecule has 0 aromatic heterocycles. The fourth-order valence-corrected chi connectivity index (χ4v) is 5.08. The highest BCUT2D eigenvalue weighted by molar-refractivity contribution is 5.60. The molecule has 1 N–H and O–H groups in total. The third-order valence-electron chi connectivity index (χ3n) is 6.08. The van der Waals surface area contributed by atoms with Crippen molar-refractivity contribution in [3.05, 3.63) is 35.4 Å². The maximum Gasteiger partial charge on any atom is 0.116 e. The van der Waals surface area contributed by atoms with Gasteiger partial charge < -0.3 is 5.11 Å². The Kier molecular flexibility index (Phi) is 2.36. The maximum atomic E-state index is 9.64. The van der Waals surface area contributed by atoms with Gasteiger partial charge in [-0.05, 0) is 72.1 Å². The minimum Gasteiger partial charge on any atom is -0.508 e. The molecule has 0 saturated heterocycles. The molecule has 0 amide bonds. The molecular formula is C18H22O. The van der Waals surface area contributed by atoms with Crippen LogP contribution in [0.25, 0.3) is 6.08 Å². The van der Waals surface area contributed by atoms with Gasteiger partial charge in [-0.2, -0.15) is 0 Å². The van der Waals surface area contributed by atoms with Gasteiger partial charge in [-0.1, -0.05) is 31.6 Å². The van der Waals surface area contributed by atoms with Crippen molar-refractivity contribution >= 4 is 6.08 Å². The molecule has 0 aliphatic heterocycles. The Morgan fingerprint density at radius 1 is 1.21 bits per heavy atom. The second kappa shape index (κ2) is 3.88. The van der Waals surface area contributed by atoms with E-state index in [-0.39, 0.29) is 0 Å². The summed E-state index contributed by atoms with van der Waals surface area (Å²) >= 11 is 0. The lowest BCUT2D eigenvalue weighted by Crippen LogP contribution is -2.37. The monoisotopic (exact) mass is 254 g/mol. The Hall–Kier alpha value is -1.24. The van der Waals surface area contributed by atoms with Crippen molar-refractivity contribution in [1.82, 2.24) is 0 Å². The standard InChI is InChI=1S/C18H22O/c1-18-9-2-3-17(18)16-6-4-12-11-13(19)5-7-14(12)15(16)8-10-18/h4-7,11,15-17,19H,2-3,8-10H2,1H3. The molecule has 0 bridgehead atoms. The van der Waals surface area contributed by atoms with Crippen LogP contribution in [0.3, 0.4) is 0 Å². The summed E-state index contributed by atoms with van der Waals surface area (Å²) in [5.41, 5.74) is 3.31. The molecule has 3 aliphatic carbocycles.